The van der Waals surface area contributed by atoms with Crippen LogP contribution < -0.4 is 15.2 Å². The van der Waals surface area contributed by atoms with Crippen LogP contribution in [0.1, 0.15) is 77.8 Å². The van der Waals surface area contributed by atoms with E-state index in [1.54, 1.807) is 6.20 Å². The molecule has 0 bridgehead atoms. The molecule has 3 rings (SSSR count). The van der Waals surface area contributed by atoms with Gasteiger partial charge in [-0.25, -0.2) is 0 Å². The molecule has 0 radical (unpaired) electrons. The summed E-state index contributed by atoms with van der Waals surface area (Å²) in [7, 11) is 1.98. The number of aliphatic imine (C=N–C) groups is 1. The van der Waals surface area contributed by atoms with Crippen molar-refractivity contribution in [1.82, 2.24) is 15.1 Å². The quantitative estimate of drug-likeness (QED) is 0.173. The first kappa shape index (κ1) is 29.2. The molecule has 1 aliphatic carbocycles. The molecule has 3 N–H and O–H groups in total. The number of nitrogens with one attached hydrogen (secondary N) is 1. The highest BCUT2D eigenvalue weighted by Crippen LogP contribution is 2.32. The zero-order valence-corrected chi connectivity index (χ0v) is 25.1. The molecule has 1 aliphatic heterocycles. The number of ether oxygens (including phenoxy) is 1. The minimum absolute atomic E-state index is 0.0853. The maximum Gasteiger partial charge on any atom is 0.266 e. The molecule has 0 spiro atoms. The fourth-order valence-electron chi connectivity index (χ4n) is 5.31. The summed E-state index contributed by atoms with van der Waals surface area (Å²) in [5.41, 5.74) is 4.27. The van der Waals surface area contributed by atoms with Crippen molar-refractivity contribution >= 4 is 51.7 Å². The molecule has 1 fully saturated rings. The van der Waals surface area contributed by atoms with Crippen LogP contribution in [0.2, 0.25) is 0 Å². The van der Waals surface area contributed by atoms with E-state index in [1.807, 2.05) is 23.9 Å². The van der Waals surface area contributed by atoms with Crippen molar-refractivity contribution in [2.75, 3.05) is 11.0 Å². The number of amides is 1. The van der Waals surface area contributed by atoms with Crippen molar-refractivity contribution < 1.29 is 9.53 Å². The zero-order chi connectivity index (χ0) is 26.1. The Balaban J connectivity index is 1.71. The number of aryl methyl sites for hydroxylation is 1. The van der Waals surface area contributed by atoms with Gasteiger partial charge in [0, 0.05) is 35.4 Å². The lowest BCUT2D eigenvalue weighted by Crippen LogP contribution is -2.44. The Morgan fingerprint density at radius 1 is 1.33 bits per heavy atom. The second-order valence-corrected chi connectivity index (χ2v) is 12.3. The van der Waals surface area contributed by atoms with Crippen LogP contribution in [0.4, 0.5) is 0 Å². The maximum absolute atomic E-state index is 13.1. The normalized spacial score (nSPS) is 19.9. The van der Waals surface area contributed by atoms with Crippen molar-refractivity contribution in [2.24, 2.45) is 29.0 Å². The molecule has 36 heavy (non-hydrogen) atoms. The molecule has 1 aromatic heterocycles. The minimum Gasteiger partial charge on any atom is -0.474 e. The van der Waals surface area contributed by atoms with E-state index in [0.29, 0.717) is 36.5 Å². The van der Waals surface area contributed by atoms with Crippen LogP contribution in [0.3, 0.4) is 0 Å². The number of rotatable bonds is 12. The maximum atomic E-state index is 13.1. The average molecular weight is 628 g/mol. The van der Waals surface area contributed by atoms with Crippen molar-refractivity contribution in [1.29, 1.82) is 0 Å². The van der Waals surface area contributed by atoms with E-state index < -0.39 is 0 Å². The van der Waals surface area contributed by atoms with E-state index >= 15 is 0 Å². The third-order valence-corrected chi connectivity index (χ3v) is 8.48. The lowest BCUT2D eigenvalue weighted by Gasteiger charge is -2.27. The Morgan fingerprint density at radius 3 is 2.75 bits per heavy atom. The van der Waals surface area contributed by atoms with Gasteiger partial charge in [0.25, 0.3) is 5.91 Å². The SMILES string of the molecule is CC(C)=C(c1cc(OC[C@@H](CC2CCCCC2)NC(=O)C2=NC=CC(SN)C2)nn1C)C(C)CCI. The second-order valence-electron chi connectivity index (χ2n) is 10.3. The average Bonchev–Trinajstić information content (AvgIpc) is 3.23. The number of alkyl halides is 1. The molecule has 1 saturated carbocycles. The summed E-state index contributed by atoms with van der Waals surface area (Å²) >= 11 is 3.69. The molecule has 2 heterocycles. The first-order valence-corrected chi connectivity index (χ1v) is 15.6. The van der Waals surface area contributed by atoms with Gasteiger partial charge in [0.05, 0.1) is 11.7 Å². The summed E-state index contributed by atoms with van der Waals surface area (Å²) < 4.78 is 9.26. The summed E-state index contributed by atoms with van der Waals surface area (Å²) in [6.07, 6.45) is 12.5. The van der Waals surface area contributed by atoms with Crippen molar-refractivity contribution in [3.05, 3.63) is 29.6 Å². The molecule has 2 aliphatic rings. The first-order valence-electron chi connectivity index (χ1n) is 13.1. The van der Waals surface area contributed by atoms with Crippen LogP contribution in [0.15, 0.2) is 28.9 Å². The van der Waals surface area contributed by atoms with Crippen LogP contribution in [0.25, 0.3) is 5.57 Å². The zero-order valence-electron chi connectivity index (χ0n) is 22.1. The third kappa shape index (κ3) is 8.34. The molecule has 9 heteroatoms. The van der Waals surface area contributed by atoms with E-state index in [9.17, 15) is 4.79 Å². The van der Waals surface area contributed by atoms with E-state index in [0.717, 1.165) is 23.0 Å². The van der Waals surface area contributed by atoms with Gasteiger partial charge in [-0.3, -0.25) is 19.6 Å². The second kappa shape index (κ2) is 14.6. The van der Waals surface area contributed by atoms with E-state index in [4.69, 9.17) is 9.88 Å². The largest absolute Gasteiger partial charge is 0.474 e. The number of nitrogens with zero attached hydrogens (tertiary/aromatic N) is 3. The summed E-state index contributed by atoms with van der Waals surface area (Å²) in [4.78, 5) is 17.4. The molecular weight excluding hydrogens is 585 g/mol. The topological polar surface area (TPSA) is 94.5 Å². The molecule has 1 amide bonds. The van der Waals surface area contributed by atoms with Crippen LogP contribution in [-0.2, 0) is 11.8 Å². The van der Waals surface area contributed by atoms with E-state index in [1.165, 1.54) is 55.2 Å². The summed E-state index contributed by atoms with van der Waals surface area (Å²) in [6.45, 7) is 7.00. The Bertz CT molecular complexity index is 963. The van der Waals surface area contributed by atoms with Crippen LogP contribution in [0, 0.1) is 11.8 Å². The molecule has 3 atom stereocenters. The molecule has 2 unspecified atom stereocenters. The number of aromatic nitrogens is 2. The molecule has 0 aromatic carbocycles. The number of carbonyl (C=O) groups is 1. The summed E-state index contributed by atoms with van der Waals surface area (Å²) in [5, 5.41) is 13.7. The monoisotopic (exact) mass is 627 g/mol. The van der Waals surface area contributed by atoms with Gasteiger partial charge in [0.2, 0.25) is 5.88 Å². The minimum atomic E-state index is -0.121. The highest BCUT2D eigenvalue weighted by Gasteiger charge is 2.25. The van der Waals surface area contributed by atoms with Gasteiger partial charge >= 0.3 is 0 Å². The molecular formula is C27H42IN5O2S. The van der Waals surface area contributed by atoms with Gasteiger partial charge in [-0.05, 0) is 44.1 Å². The summed E-state index contributed by atoms with van der Waals surface area (Å²) in [5.74, 6) is 1.55. The molecule has 7 nitrogen and oxygen atoms in total. The number of carbonyl (C=O) groups excluding carboxylic acids is 1. The third-order valence-electron chi connectivity index (χ3n) is 7.18. The highest BCUT2D eigenvalue weighted by molar-refractivity contribution is 14.1. The number of allylic oxidation sites excluding steroid dienone is 2. The summed E-state index contributed by atoms with van der Waals surface area (Å²) in [6, 6.07) is 1.95. The Kier molecular flexibility index (Phi) is 11.8. The number of nitrogens with two attached hydrogens (primary N) is 1. The number of halogens is 1. The van der Waals surface area contributed by atoms with Crippen LogP contribution in [0.5, 0.6) is 5.88 Å². The fraction of sp³-hybridized carbons (Fsp3) is 0.667. The molecule has 1 aromatic rings. The lowest BCUT2D eigenvalue weighted by molar-refractivity contribution is -0.116. The van der Waals surface area contributed by atoms with Crippen molar-refractivity contribution in [3.63, 3.8) is 0 Å². The fourth-order valence-corrected chi connectivity index (χ4v) is 6.66. The van der Waals surface area contributed by atoms with E-state index in [-0.39, 0.29) is 17.2 Å². The molecule has 0 saturated heterocycles. The number of hydrogen-bond donors (Lipinski definition) is 2. The Morgan fingerprint density at radius 2 is 2.08 bits per heavy atom. The Labute approximate surface area is 234 Å². The first-order chi connectivity index (χ1) is 17.3. The van der Waals surface area contributed by atoms with Gasteiger partial charge in [0.1, 0.15) is 12.3 Å². The van der Waals surface area contributed by atoms with Crippen LogP contribution in [-0.4, -0.2) is 43.7 Å². The van der Waals surface area contributed by atoms with Gasteiger partial charge < -0.3 is 10.1 Å². The van der Waals surface area contributed by atoms with E-state index in [2.05, 4.69) is 58.8 Å². The predicted molar refractivity (Wildman–Crippen MR) is 160 cm³/mol. The van der Waals surface area contributed by atoms with Crippen molar-refractivity contribution in [3.8, 4) is 5.88 Å². The van der Waals surface area contributed by atoms with Gasteiger partial charge in [-0.2, -0.15) is 0 Å². The highest BCUT2D eigenvalue weighted by atomic mass is 127. The van der Waals surface area contributed by atoms with Gasteiger partial charge in [0.15, 0.2) is 0 Å². The lowest BCUT2D eigenvalue weighted by atomic mass is 9.85. The standard InChI is InChI=1S/C27H42IN5O2S/c1-18(2)26(19(3)10-12-28)24-16-25(32-33(24)4)35-17-21(14-20-8-6-5-7-9-20)31-27(34)23-15-22(36-29)11-13-30-23/h11,13,16,19-22H,5-10,12,14-15,17,29H2,1-4H3,(H,31,34)/t19?,21-,22?/m1/s1. The predicted octanol–water partition coefficient (Wildman–Crippen LogP) is 5.84. The Hall–Kier alpha value is -1.33. The van der Waals surface area contributed by atoms with Gasteiger partial charge in [-0.1, -0.05) is 85.2 Å². The number of hydrogen-bond acceptors (Lipinski definition) is 6. The van der Waals surface area contributed by atoms with Gasteiger partial charge in [-0.15, -0.1) is 5.10 Å². The molecule has 200 valence electrons. The van der Waals surface area contributed by atoms with Crippen molar-refractivity contribution in [2.45, 2.75) is 83.4 Å². The smallest absolute Gasteiger partial charge is 0.266 e. The van der Waals surface area contributed by atoms with Crippen LogP contribution >= 0.6 is 34.5 Å².